The minimum absolute atomic E-state index is 0.275. The molecule has 3 aromatic rings. The van der Waals surface area contributed by atoms with Crippen molar-refractivity contribution < 1.29 is 13.2 Å². The topological polar surface area (TPSA) is 50.2 Å². The Morgan fingerprint density at radius 2 is 1.79 bits per heavy atom. The number of hydrogen-bond donors (Lipinski definition) is 1. The van der Waals surface area contributed by atoms with Crippen molar-refractivity contribution in [2.45, 2.75) is 6.54 Å². The Kier molecular flexibility index (Phi) is 10.5. The predicted octanol–water partition coefficient (Wildman–Crippen LogP) is 6.29. The van der Waals surface area contributed by atoms with Crippen molar-refractivity contribution >= 4 is 22.6 Å². The number of rotatable bonds is 5. The molecule has 0 saturated heterocycles. The maximum Gasteiger partial charge on any atom is 0.181 e. The third-order valence-electron chi connectivity index (χ3n) is 3.79. The van der Waals surface area contributed by atoms with Crippen molar-refractivity contribution in [2.24, 2.45) is 4.99 Å². The fraction of sp³-hybridized carbons (Fsp3) is 0.0370. The van der Waals surface area contributed by atoms with Crippen molar-refractivity contribution in [1.82, 2.24) is 9.97 Å². The van der Waals surface area contributed by atoms with Gasteiger partial charge >= 0.3 is 0 Å². The van der Waals surface area contributed by atoms with Gasteiger partial charge in [-0.2, -0.15) is 9.38 Å². The number of anilines is 1. The second-order valence-electron chi connectivity index (χ2n) is 6.13. The standard InChI is InChI=1S/C15H11F2N3.C12H6FN/c16-11-3-1-10(2-4-11)8-18-15-13-7-12(17)5-6-14(13)19-9-20-15;1-3-5-6-10-14-11-7-9-12(13)8-4-2/h1-7,9H,8H2,(H,18,19,20);8,10H,1-2H2. The highest BCUT2D eigenvalue weighted by atomic mass is 19.1. The number of nitrogens with zero attached hydrogens (tertiary/aromatic N) is 3. The molecule has 0 radical (unpaired) electrons. The molecular formula is C27H17F3N4. The van der Waals surface area contributed by atoms with Crippen molar-refractivity contribution in [3.63, 3.8) is 0 Å². The highest BCUT2D eigenvalue weighted by Gasteiger charge is 2.04. The molecule has 7 heteroatoms. The molecule has 166 valence electrons. The first kappa shape index (κ1) is 25.2. The van der Waals surface area contributed by atoms with Gasteiger partial charge in [0, 0.05) is 29.6 Å². The largest absolute Gasteiger partial charge is 0.365 e. The molecule has 4 nitrogen and oxygen atoms in total. The van der Waals surface area contributed by atoms with Crippen LogP contribution in [0.5, 0.6) is 0 Å². The molecule has 1 N–H and O–H groups in total. The van der Waals surface area contributed by atoms with Crippen molar-refractivity contribution in [3.8, 4) is 0 Å². The SMILES string of the molecule is C=C=C=C=CN=C=C=C=C(F)C=C=C.Fc1ccc(CNc2ncnc3ccc(F)cc23)cc1. The minimum atomic E-state index is -0.645. The average molecular weight is 454 g/mol. The van der Waals surface area contributed by atoms with Gasteiger partial charge in [0.05, 0.1) is 11.7 Å². The van der Waals surface area contributed by atoms with E-state index in [9.17, 15) is 13.2 Å². The minimum Gasteiger partial charge on any atom is -0.365 e. The van der Waals surface area contributed by atoms with Crippen LogP contribution >= 0.6 is 0 Å². The second-order valence-corrected chi connectivity index (χ2v) is 6.13. The predicted molar refractivity (Wildman–Crippen MR) is 127 cm³/mol. The maximum atomic E-state index is 13.3. The Bertz CT molecular complexity index is 1460. The first-order valence-corrected chi connectivity index (χ1v) is 9.60. The molecule has 1 heterocycles. The van der Waals surface area contributed by atoms with Crippen molar-refractivity contribution in [2.75, 3.05) is 5.32 Å². The number of hydrogen-bond acceptors (Lipinski definition) is 4. The van der Waals surface area contributed by atoms with Crippen LogP contribution in [0.4, 0.5) is 19.0 Å². The number of allylic oxidation sites excluding steroid dienone is 2. The number of aromatic nitrogens is 2. The fourth-order valence-corrected chi connectivity index (χ4v) is 2.35. The molecule has 0 amide bonds. The molecule has 2 aromatic carbocycles. The summed E-state index contributed by atoms with van der Waals surface area (Å²) in [5.74, 6) is 1.56. The first-order chi connectivity index (χ1) is 16.5. The van der Waals surface area contributed by atoms with Crippen LogP contribution in [0.1, 0.15) is 5.56 Å². The molecule has 0 aliphatic rings. The van der Waals surface area contributed by atoms with E-state index in [2.05, 4.69) is 73.7 Å². The molecule has 0 fully saturated rings. The zero-order chi connectivity index (χ0) is 24.6. The Morgan fingerprint density at radius 3 is 2.53 bits per heavy atom. The van der Waals surface area contributed by atoms with Gasteiger partial charge in [0.25, 0.3) is 0 Å². The van der Waals surface area contributed by atoms with Gasteiger partial charge in [-0.1, -0.05) is 24.4 Å². The molecule has 1 aromatic heterocycles. The lowest BCUT2D eigenvalue weighted by molar-refractivity contribution is 0.627. The van der Waals surface area contributed by atoms with E-state index in [4.69, 9.17) is 0 Å². The molecule has 0 bridgehead atoms. The van der Waals surface area contributed by atoms with Gasteiger partial charge in [-0.05, 0) is 59.7 Å². The molecule has 0 saturated carbocycles. The summed E-state index contributed by atoms with van der Waals surface area (Å²) in [5.41, 5.74) is 15.4. The molecule has 0 aliphatic heterocycles. The van der Waals surface area contributed by atoms with Gasteiger partial charge < -0.3 is 5.32 Å². The Morgan fingerprint density at radius 1 is 1.03 bits per heavy atom. The van der Waals surface area contributed by atoms with Crippen LogP contribution in [0.3, 0.4) is 0 Å². The lowest BCUT2D eigenvalue weighted by atomic mass is 10.2. The van der Waals surface area contributed by atoms with Crippen LogP contribution in [0.15, 0.2) is 119 Å². The third kappa shape index (κ3) is 9.00. The van der Waals surface area contributed by atoms with Crippen LogP contribution in [-0.4, -0.2) is 15.8 Å². The monoisotopic (exact) mass is 454 g/mol. The summed E-state index contributed by atoms with van der Waals surface area (Å²) in [5, 5.41) is 3.73. The van der Waals surface area contributed by atoms with E-state index in [0.29, 0.717) is 23.3 Å². The quantitative estimate of drug-likeness (QED) is 0.280. The number of benzene rings is 2. The summed E-state index contributed by atoms with van der Waals surface area (Å²) in [7, 11) is 0. The summed E-state index contributed by atoms with van der Waals surface area (Å²) in [6, 6.07) is 10.5. The molecule has 0 unspecified atom stereocenters. The summed E-state index contributed by atoms with van der Waals surface area (Å²) in [6.45, 7) is 6.92. The average Bonchev–Trinajstić information content (AvgIpc) is 2.84. The lowest BCUT2D eigenvalue weighted by Gasteiger charge is -2.08. The van der Waals surface area contributed by atoms with Gasteiger partial charge in [-0.3, -0.25) is 0 Å². The van der Waals surface area contributed by atoms with E-state index in [1.54, 1.807) is 18.2 Å². The van der Waals surface area contributed by atoms with E-state index >= 15 is 0 Å². The Hall–Kier alpha value is -5.02. The summed E-state index contributed by atoms with van der Waals surface area (Å²) in [4.78, 5) is 11.7. The Labute approximate surface area is 194 Å². The van der Waals surface area contributed by atoms with Gasteiger partial charge in [0.15, 0.2) is 5.83 Å². The number of aliphatic imine (C=N–C) groups is 1. The molecular weight excluding hydrogens is 437 g/mol. The van der Waals surface area contributed by atoms with Crippen LogP contribution in [0, 0.1) is 11.6 Å². The molecule has 0 spiro atoms. The highest BCUT2D eigenvalue weighted by Crippen LogP contribution is 2.20. The third-order valence-corrected chi connectivity index (χ3v) is 3.79. The summed E-state index contributed by atoms with van der Waals surface area (Å²) < 4.78 is 38.6. The van der Waals surface area contributed by atoms with E-state index in [-0.39, 0.29) is 11.6 Å². The van der Waals surface area contributed by atoms with Crippen LogP contribution in [-0.2, 0) is 6.54 Å². The van der Waals surface area contributed by atoms with E-state index in [1.165, 1.54) is 36.8 Å². The van der Waals surface area contributed by atoms with Gasteiger partial charge in [0.2, 0.25) is 0 Å². The van der Waals surface area contributed by atoms with Gasteiger partial charge in [0.1, 0.15) is 23.8 Å². The Balaban J connectivity index is 0.000000259. The van der Waals surface area contributed by atoms with Crippen LogP contribution in [0.25, 0.3) is 10.9 Å². The van der Waals surface area contributed by atoms with Crippen LogP contribution in [0.2, 0.25) is 0 Å². The zero-order valence-corrected chi connectivity index (χ0v) is 17.9. The highest BCUT2D eigenvalue weighted by molar-refractivity contribution is 5.88. The summed E-state index contributed by atoms with van der Waals surface area (Å²) >= 11 is 0. The van der Waals surface area contributed by atoms with E-state index in [1.807, 2.05) is 0 Å². The molecule has 3 rings (SSSR count). The number of nitrogens with one attached hydrogen (secondary N) is 1. The summed E-state index contributed by atoms with van der Waals surface area (Å²) in [6.07, 6.45) is 3.70. The second kappa shape index (κ2) is 14.1. The maximum absolute atomic E-state index is 13.3. The normalized spacial score (nSPS) is 8.56. The van der Waals surface area contributed by atoms with Crippen molar-refractivity contribution in [3.05, 3.63) is 132 Å². The molecule has 0 aliphatic carbocycles. The van der Waals surface area contributed by atoms with Gasteiger partial charge in [-0.15, -0.1) is 5.73 Å². The zero-order valence-electron chi connectivity index (χ0n) is 17.9. The first-order valence-electron chi connectivity index (χ1n) is 9.60. The lowest BCUT2D eigenvalue weighted by Crippen LogP contribution is -2.02. The van der Waals surface area contributed by atoms with Gasteiger partial charge in [-0.25, -0.2) is 18.7 Å². The molecule has 34 heavy (non-hydrogen) atoms. The smallest absolute Gasteiger partial charge is 0.181 e. The molecule has 0 atom stereocenters. The van der Waals surface area contributed by atoms with Crippen molar-refractivity contribution in [1.29, 1.82) is 0 Å². The number of fused-ring (bicyclic) bond motifs is 1. The van der Waals surface area contributed by atoms with E-state index < -0.39 is 5.83 Å². The number of halogens is 3. The van der Waals surface area contributed by atoms with E-state index in [0.717, 1.165) is 11.6 Å². The fourth-order valence-electron chi connectivity index (χ4n) is 2.35. The van der Waals surface area contributed by atoms with Crippen LogP contribution < -0.4 is 5.32 Å².